The Morgan fingerprint density at radius 3 is 2.17 bits per heavy atom. The second-order valence-electron chi connectivity index (χ2n) is 5.80. The van der Waals surface area contributed by atoms with Crippen LogP contribution in [0.4, 0.5) is 0 Å². The van der Waals surface area contributed by atoms with E-state index in [0.717, 1.165) is 11.3 Å². The lowest BCUT2D eigenvalue weighted by Gasteiger charge is -2.23. The molecule has 128 valence electrons. The molecule has 2 aromatic rings. The molecule has 0 saturated heterocycles. The first-order chi connectivity index (χ1) is 11.5. The minimum absolute atomic E-state index is 0.0407. The molecule has 2 aromatic carbocycles. The highest BCUT2D eigenvalue weighted by atomic mass is 35.5. The zero-order valence-electron chi connectivity index (χ0n) is 14.1. The van der Waals surface area contributed by atoms with Crippen LogP contribution in [0.15, 0.2) is 48.5 Å². The Kier molecular flexibility index (Phi) is 6.50. The van der Waals surface area contributed by atoms with Crippen LogP contribution in [0.5, 0.6) is 11.5 Å². The van der Waals surface area contributed by atoms with Gasteiger partial charge in [0.05, 0.1) is 13.2 Å². The molecule has 0 unspecified atom stereocenters. The van der Waals surface area contributed by atoms with Gasteiger partial charge in [0.2, 0.25) is 0 Å². The molecule has 0 aliphatic rings. The molecular weight excluding hydrogens is 326 g/mol. The average Bonchev–Trinajstić information content (AvgIpc) is 2.59. The van der Waals surface area contributed by atoms with Crippen LogP contribution in [0.1, 0.15) is 25.5 Å². The van der Waals surface area contributed by atoms with Crippen LogP contribution in [0, 0.1) is 5.92 Å². The Labute approximate surface area is 147 Å². The molecule has 0 saturated carbocycles. The van der Waals surface area contributed by atoms with Crippen molar-refractivity contribution in [2.75, 3.05) is 13.7 Å². The first-order valence-electron chi connectivity index (χ1n) is 7.81. The van der Waals surface area contributed by atoms with E-state index in [9.17, 15) is 4.79 Å². The zero-order valence-corrected chi connectivity index (χ0v) is 14.8. The highest BCUT2D eigenvalue weighted by Crippen LogP contribution is 2.24. The van der Waals surface area contributed by atoms with Gasteiger partial charge in [-0.05, 0) is 47.9 Å². The molecule has 0 fully saturated rings. The van der Waals surface area contributed by atoms with E-state index >= 15 is 0 Å². The third-order valence-electron chi connectivity index (χ3n) is 3.64. The minimum Gasteiger partial charge on any atom is -0.497 e. The van der Waals surface area contributed by atoms with Crippen LogP contribution in [-0.4, -0.2) is 19.6 Å². The van der Waals surface area contributed by atoms with Crippen LogP contribution in [0.25, 0.3) is 0 Å². The number of amides is 1. The number of ether oxygens (including phenoxy) is 2. The van der Waals surface area contributed by atoms with E-state index in [-0.39, 0.29) is 24.5 Å². The summed E-state index contributed by atoms with van der Waals surface area (Å²) in [6.07, 6.45) is 0. The lowest BCUT2D eigenvalue weighted by Crippen LogP contribution is -2.35. The van der Waals surface area contributed by atoms with Crippen molar-refractivity contribution < 1.29 is 14.3 Å². The molecule has 0 aliphatic heterocycles. The van der Waals surface area contributed by atoms with E-state index < -0.39 is 0 Å². The second-order valence-corrected chi connectivity index (χ2v) is 6.24. The van der Waals surface area contributed by atoms with Gasteiger partial charge < -0.3 is 14.8 Å². The minimum atomic E-state index is -0.167. The van der Waals surface area contributed by atoms with Gasteiger partial charge in [-0.2, -0.15) is 0 Å². The quantitative estimate of drug-likeness (QED) is 0.814. The van der Waals surface area contributed by atoms with Gasteiger partial charge in [0, 0.05) is 5.02 Å². The summed E-state index contributed by atoms with van der Waals surface area (Å²) < 4.78 is 10.7. The number of rotatable bonds is 7. The van der Waals surface area contributed by atoms with Gasteiger partial charge in [-0.15, -0.1) is 0 Å². The van der Waals surface area contributed by atoms with Crippen molar-refractivity contribution in [1.29, 1.82) is 0 Å². The van der Waals surface area contributed by atoms with Crippen LogP contribution in [-0.2, 0) is 4.79 Å². The van der Waals surface area contributed by atoms with E-state index in [2.05, 4.69) is 19.2 Å². The highest BCUT2D eigenvalue weighted by Gasteiger charge is 2.18. The summed E-state index contributed by atoms with van der Waals surface area (Å²) in [6, 6.07) is 14.5. The predicted molar refractivity (Wildman–Crippen MR) is 95.7 cm³/mol. The third kappa shape index (κ3) is 5.17. The van der Waals surface area contributed by atoms with Crippen molar-refractivity contribution in [2.24, 2.45) is 5.92 Å². The summed E-state index contributed by atoms with van der Waals surface area (Å²) in [4.78, 5) is 12.2. The number of carbonyl (C=O) groups excluding carboxylic acids is 1. The molecule has 0 aromatic heterocycles. The van der Waals surface area contributed by atoms with E-state index in [0.29, 0.717) is 10.8 Å². The van der Waals surface area contributed by atoms with Crippen LogP contribution < -0.4 is 14.8 Å². The summed E-state index contributed by atoms with van der Waals surface area (Å²) in [6.45, 7) is 4.09. The van der Waals surface area contributed by atoms with Crippen LogP contribution in [0.3, 0.4) is 0 Å². The van der Waals surface area contributed by atoms with Crippen LogP contribution in [0.2, 0.25) is 5.02 Å². The Hall–Kier alpha value is -2.20. The maximum Gasteiger partial charge on any atom is 0.258 e. The maximum atomic E-state index is 12.2. The Morgan fingerprint density at radius 1 is 1.04 bits per heavy atom. The van der Waals surface area contributed by atoms with E-state index in [1.165, 1.54) is 0 Å². The van der Waals surface area contributed by atoms with Gasteiger partial charge in [-0.25, -0.2) is 0 Å². The van der Waals surface area contributed by atoms with Crippen molar-refractivity contribution in [3.63, 3.8) is 0 Å². The van der Waals surface area contributed by atoms with E-state index in [1.807, 2.05) is 24.3 Å². The molecule has 1 atom stereocenters. The van der Waals surface area contributed by atoms with Crippen molar-refractivity contribution in [1.82, 2.24) is 5.32 Å². The molecule has 24 heavy (non-hydrogen) atoms. The number of methoxy groups -OCH3 is 1. The Morgan fingerprint density at radius 2 is 1.62 bits per heavy atom. The smallest absolute Gasteiger partial charge is 0.258 e. The summed E-state index contributed by atoms with van der Waals surface area (Å²) >= 11 is 5.82. The molecule has 1 N–H and O–H groups in total. The fourth-order valence-corrected chi connectivity index (χ4v) is 2.47. The molecule has 4 nitrogen and oxygen atoms in total. The first kappa shape index (κ1) is 18.1. The molecule has 1 amide bonds. The molecule has 0 radical (unpaired) electrons. The molecule has 0 spiro atoms. The van der Waals surface area contributed by atoms with E-state index in [4.69, 9.17) is 21.1 Å². The maximum absolute atomic E-state index is 12.2. The largest absolute Gasteiger partial charge is 0.497 e. The van der Waals surface area contributed by atoms with Gasteiger partial charge in [0.1, 0.15) is 11.5 Å². The Bertz CT molecular complexity index is 653. The number of nitrogens with one attached hydrogen (secondary N) is 1. The van der Waals surface area contributed by atoms with E-state index in [1.54, 1.807) is 31.4 Å². The van der Waals surface area contributed by atoms with Gasteiger partial charge in [0.25, 0.3) is 5.91 Å². The fourth-order valence-electron chi connectivity index (χ4n) is 2.34. The van der Waals surface area contributed by atoms with Gasteiger partial charge in [-0.3, -0.25) is 4.79 Å². The lowest BCUT2D eigenvalue weighted by molar-refractivity contribution is -0.124. The second kappa shape index (κ2) is 8.60. The van der Waals surface area contributed by atoms with Gasteiger partial charge in [-0.1, -0.05) is 37.6 Å². The SMILES string of the molecule is COc1ccc([C@@H](NC(=O)COc2ccc(Cl)cc2)C(C)C)cc1. The number of carbonyl (C=O) groups is 1. The monoisotopic (exact) mass is 347 g/mol. The number of hydrogen-bond donors (Lipinski definition) is 1. The van der Waals surface area contributed by atoms with Crippen molar-refractivity contribution in [2.45, 2.75) is 19.9 Å². The summed E-state index contributed by atoms with van der Waals surface area (Å²) in [5.74, 6) is 1.48. The standard InChI is InChI=1S/C19H22ClNO3/c1-13(2)19(14-4-8-16(23-3)9-5-14)21-18(22)12-24-17-10-6-15(20)7-11-17/h4-11,13,19H,12H2,1-3H3,(H,21,22)/t19-/m0/s1. The first-order valence-corrected chi connectivity index (χ1v) is 8.19. The molecular formula is C19H22ClNO3. The van der Waals surface area contributed by atoms with Crippen LogP contribution >= 0.6 is 11.6 Å². The van der Waals surface area contributed by atoms with Crippen molar-refractivity contribution >= 4 is 17.5 Å². The summed E-state index contributed by atoms with van der Waals surface area (Å²) in [5.41, 5.74) is 1.03. The highest BCUT2D eigenvalue weighted by molar-refractivity contribution is 6.30. The van der Waals surface area contributed by atoms with Crippen molar-refractivity contribution in [3.05, 3.63) is 59.1 Å². The fraction of sp³-hybridized carbons (Fsp3) is 0.316. The number of benzene rings is 2. The molecule has 5 heteroatoms. The topological polar surface area (TPSA) is 47.6 Å². The summed E-state index contributed by atoms with van der Waals surface area (Å²) in [5, 5.41) is 3.65. The summed E-state index contributed by atoms with van der Waals surface area (Å²) in [7, 11) is 1.63. The zero-order chi connectivity index (χ0) is 17.5. The molecule has 0 aliphatic carbocycles. The molecule has 0 heterocycles. The predicted octanol–water partition coefficient (Wildman–Crippen LogP) is 4.24. The average molecular weight is 348 g/mol. The number of halogens is 1. The van der Waals surface area contributed by atoms with Gasteiger partial charge in [0.15, 0.2) is 6.61 Å². The molecule has 2 rings (SSSR count). The molecule has 0 bridgehead atoms. The Balaban J connectivity index is 1.96. The normalized spacial score (nSPS) is 11.9. The third-order valence-corrected chi connectivity index (χ3v) is 3.89. The lowest BCUT2D eigenvalue weighted by atomic mass is 9.96. The number of hydrogen-bond acceptors (Lipinski definition) is 3. The van der Waals surface area contributed by atoms with Gasteiger partial charge >= 0.3 is 0 Å². The van der Waals surface area contributed by atoms with Crippen molar-refractivity contribution in [3.8, 4) is 11.5 Å².